The van der Waals surface area contributed by atoms with Gasteiger partial charge in [-0.25, -0.2) is 0 Å². The van der Waals surface area contributed by atoms with Gasteiger partial charge < -0.3 is 5.41 Å². The smallest absolute Gasteiger partial charge is 0.0609 e. The minimum absolute atomic E-state index is 0.584. The molecule has 0 aliphatic rings. The lowest BCUT2D eigenvalue weighted by molar-refractivity contribution is 0.674. The van der Waals surface area contributed by atoms with Gasteiger partial charge in [-0.05, 0) is 30.0 Å². The number of benzene rings is 1. The first kappa shape index (κ1) is 14.4. The van der Waals surface area contributed by atoms with Gasteiger partial charge >= 0.3 is 0 Å². The molecule has 1 aromatic carbocycles. The van der Waals surface area contributed by atoms with Crippen molar-refractivity contribution in [1.82, 2.24) is 0 Å². The first-order valence-electron chi connectivity index (χ1n) is 6.76. The Kier molecular flexibility index (Phi) is 6.78. The second-order valence-electron chi connectivity index (χ2n) is 4.49. The summed E-state index contributed by atoms with van der Waals surface area (Å²) in [4.78, 5) is 0. The molecule has 1 heteroatoms. The van der Waals surface area contributed by atoms with E-state index in [0.717, 1.165) is 17.5 Å². The van der Waals surface area contributed by atoms with Crippen LogP contribution >= 0.6 is 0 Å². The Morgan fingerprint density at radius 2 is 1.89 bits per heavy atom. The van der Waals surface area contributed by atoms with Crippen LogP contribution in [0.1, 0.15) is 50.2 Å². The quantitative estimate of drug-likeness (QED) is 0.476. The molecule has 1 nitrogen and oxygen atoms in total. The summed E-state index contributed by atoms with van der Waals surface area (Å²) in [6.45, 7) is 5.94. The van der Waals surface area contributed by atoms with Gasteiger partial charge in [0.15, 0.2) is 0 Å². The molecule has 0 aromatic heterocycles. The minimum Gasteiger partial charge on any atom is -0.300 e. The lowest BCUT2D eigenvalue weighted by Gasteiger charge is -2.00. The Bertz CT molecular complexity index is 398. The molecule has 0 spiro atoms. The highest BCUT2D eigenvalue weighted by Crippen LogP contribution is 2.08. The van der Waals surface area contributed by atoms with E-state index in [1.165, 1.54) is 25.7 Å². The van der Waals surface area contributed by atoms with Gasteiger partial charge in [0.1, 0.15) is 0 Å². The third-order valence-electron chi connectivity index (χ3n) is 2.97. The normalized spacial score (nSPS) is 10.7. The van der Waals surface area contributed by atoms with E-state index in [2.05, 4.69) is 19.6 Å². The summed E-state index contributed by atoms with van der Waals surface area (Å²) in [6.07, 6.45) is 12.0. The summed E-state index contributed by atoms with van der Waals surface area (Å²) in [6, 6.07) is 7.93. The van der Waals surface area contributed by atoms with Gasteiger partial charge in [0, 0.05) is 0 Å². The second kappa shape index (κ2) is 8.46. The van der Waals surface area contributed by atoms with E-state index in [1.807, 2.05) is 36.4 Å². The molecule has 1 rings (SSSR count). The van der Waals surface area contributed by atoms with E-state index < -0.39 is 0 Å². The number of hydrogen-bond acceptors (Lipinski definition) is 1. The zero-order chi connectivity index (χ0) is 13.2. The minimum atomic E-state index is 0.584. The predicted octanol–water partition coefficient (Wildman–Crippen LogP) is 5.22. The van der Waals surface area contributed by atoms with Crippen LogP contribution in [0.2, 0.25) is 0 Å². The highest BCUT2D eigenvalue weighted by molar-refractivity contribution is 6.06. The Labute approximate surface area is 111 Å². The van der Waals surface area contributed by atoms with Crippen molar-refractivity contribution in [3.05, 3.63) is 54.1 Å². The fraction of sp³-hybridized carbons (Fsp3) is 0.353. The van der Waals surface area contributed by atoms with E-state index in [9.17, 15) is 0 Å². The zero-order valence-corrected chi connectivity index (χ0v) is 11.3. The molecule has 0 aliphatic heterocycles. The number of unbranched alkanes of at least 4 members (excludes halogenated alkanes) is 4. The van der Waals surface area contributed by atoms with Crippen LogP contribution in [0.25, 0.3) is 6.08 Å². The number of nitrogens with one attached hydrogen (secondary N) is 1. The molecule has 96 valence electrons. The summed E-state index contributed by atoms with van der Waals surface area (Å²) in [5, 5.41) is 7.96. The van der Waals surface area contributed by atoms with Gasteiger partial charge in [-0.3, -0.25) is 0 Å². The molecule has 0 fully saturated rings. The topological polar surface area (TPSA) is 23.9 Å². The highest BCUT2D eigenvalue weighted by atomic mass is 14.4. The highest BCUT2D eigenvalue weighted by Gasteiger charge is 1.96. The van der Waals surface area contributed by atoms with Gasteiger partial charge in [-0.2, -0.15) is 0 Å². The molecule has 0 heterocycles. The van der Waals surface area contributed by atoms with Gasteiger partial charge in [0.05, 0.1) is 5.71 Å². The number of hydrogen-bond donors (Lipinski definition) is 1. The van der Waals surface area contributed by atoms with Crippen molar-refractivity contribution in [3.8, 4) is 0 Å². The molecule has 18 heavy (non-hydrogen) atoms. The lowest BCUT2D eigenvalue weighted by Crippen LogP contribution is -1.93. The molecule has 0 radical (unpaired) electrons. The van der Waals surface area contributed by atoms with Gasteiger partial charge in [-0.15, -0.1) is 0 Å². The van der Waals surface area contributed by atoms with Crippen molar-refractivity contribution >= 4 is 11.8 Å². The predicted molar refractivity (Wildman–Crippen MR) is 81.3 cm³/mol. The summed E-state index contributed by atoms with van der Waals surface area (Å²) in [5.41, 5.74) is 2.64. The van der Waals surface area contributed by atoms with Gasteiger partial charge in [0.2, 0.25) is 0 Å². The maximum Gasteiger partial charge on any atom is 0.0609 e. The van der Waals surface area contributed by atoms with E-state index >= 15 is 0 Å². The fourth-order valence-corrected chi connectivity index (χ4v) is 1.79. The van der Waals surface area contributed by atoms with Crippen molar-refractivity contribution in [2.24, 2.45) is 0 Å². The lowest BCUT2D eigenvalue weighted by atomic mass is 10.1. The van der Waals surface area contributed by atoms with Crippen LogP contribution in [0, 0.1) is 5.41 Å². The van der Waals surface area contributed by atoms with E-state index in [1.54, 1.807) is 0 Å². The third-order valence-corrected chi connectivity index (χ3v) is 2.97. The Morgan fingerprint density at radius 3 is 2.50 bits per heavy atom. The maximum atomic E-state index is 7.96. The number of allylic oxidation sites excluding steroid dienone is 2. The van der Waals surface area contributed by atoms with Crippen molar-refractivity contribution in [2.75, 3.05) is 0 Å². The van der Waals surface area contributed by atoms with Crippen molar-refractivity contribution in [3.63, 3.8) is 0 Å². The van der Waals surface area contributed by atoms with Gasteiger partial charge in [-0.1, -0.05) is 69.2 Å². The molecule has 0 aliphatic carbocycles. The van der Waals surface area contributed by atoms with Crippen molar-refractivity contribution in [1.29, 1.82) is 5.41 Å². The molecule has 0 unspecified atom stereocenters. The first-order valence-corrected chi connectivity index (χ1v) is 6.76. The van der Waals surface area contributed by atoms with Crippen molar-refractivity contribution < 1.29 is 0 Å². The van der Waals surface area contributed by atoms with Gasteiger partial charge in [0.25, 0.3) is 0 Å². The maximum absolute atomic E-state index is 7.96. The summed E-state index contributed by atoms with van der Waals surface area (Å²) in [5.74, 6) is 0. The van der Waals surface area contributed by atoms with Crippen LogP contribution in [0.4, 0.5) is 0 Å². The molecular formula is C17H23N. The van der Waals surface area contributed by atoms with E-state index in [-0.39, 0.29) is 0 Å². The first-order chi connectivity index (χ1) is 8.77. The monoisotopic (exact) mass is 241 g/mol. The van der Waals surface area contributed by atoms with Crippen LogP contribution in [0.3, 0.4) is 0 Å². The zero-order valence-electron chi connectivity index (χ0n) is 11.3. The molecule has 0 bridgehead atoms. The van der Waals surface area contributed by atoms with Crippen LogP contribution in [-0.2, 0) is 0 Å². The van der Waals surface area contributed by atoms with E-state index in [4.69, 9.17) is 5.41 Å². The molecule has 0 saturated carbocycles. The Hall–Kier alpha value is -1.63. The molecule has 0 amide bonds. The average molecular weight is 241 g/mol. The summed E-state index contributed by atoms with van der Waals surface area (Å²) in [7, 11) is 0. The van der Waals surface area contributed by atoms with Crippen LogP contribution < -0.4 is 0 Å². The fourth-order valence-electron chi connectivity index (χ4n) is 1.79. The standard InChI is InChI=1S/C17H23N/c1-3-5-6-7-8-9-10-17(18)16-13-11-15(4-2)12-14-16/h4,9-14,18H,2-3,5-8H2,1H3. The molecular weight excluding hydrogens is 218 g/mol. The molecule has 1 N–H and O–H groups in total. The summed E-state index contributed by atoms with van der Waals surface area (Å²) < 4.78 is 0. The summed E-state index contributed by atoms with van der Waals surface area (Å²) >= 11 is 0. The third kappa shape index (κ3) is 5.13. The molecule has 0 saturated heterocycles. The van der Waals surface area contributed by atoms with Crippen LogP contribution in [0.5, 0.6) is 0 Å². The van der Waals surface area contributed by atoms with Crippen molar-refractivity contribution in [2.45, 2.75) is 39.0 Å². The Morgan fingerprint density at radius 1 is 1.17 bits per heavy atom. The van der Waals surface area contributed by atoms with Crippen LogP contribution in [0.15, 0.2) is 43.0 Å². The molecule has 1 aromatic rings. The molecule has 0 atom stereocenters. The Balaban J connectivity index is 2.39. The SMILES string of the molecule is C=Cc1ccc(C(=N)C=CCCCCCC)cc1. The second-order valence-corrected chi connectivity index (χ2v) is 4.49. The largest absolute Gasteiger partial charge is 0.300 e. The average Bonchev–Trinajstić information content (AvgIpc) is 2.42. The van der Waals surface area contributed by atoms with Crippen LogP contribution in [-0.4, -0.2) is 5.71 Å². The van der Waals surface area contributed by atoms with E-state index in [0.29, 0.717) is 5.71 Å². The number of rotatable bonds is 8.